The van der Waals surface area contributed by atoms with E-state index in [1.54, 1.807) is 18.2 Å². The maximum absolute atomic E-state index is 12.7. The number of thioether (sulfide) groups is 1. The fourth-order valence-corrected chi connectivity index (χ4v) is 8.30. The lowest BCUT2D eigenvalue weighted by atomic mass is 9.81. The second kappa shape index (κ2) is 8.54. The Morgan fingerprint density at radius 2 is 1.60 bits per heavy atom. The predicted molar refractivity (Wildman–Crippen MR) is 107 cm³/mol. The van der Waals surface area contributed by atoms with Crippen molar-refractivity contribution >= 4 is 37.5 Å². The lowest BCUT2D eigenvalue weighted by molar-refractivity contribution is -0.184. The van der Waals surface area contributed by atoms with Gasteiger partial charge in [-0.3, -0.25) is 4.79 Å². The molecule has 0 aromatic heterocycles. The summed E-state index contributed by atoms with van der Waals surface area (Å²) in [6.07, 6.45) is -3.78. The second-order valence-corrected chi connectivity index (χ2v) is 12.4. The molecular weight excluding hydrogens is 463 g/mol. The molecule has 1 aromatic rings. The molecule has 12 heteroatoms. The van der Waals surface area contributed by atoms with E-state index in [4.69, 9.17) is 0 Å². The summed E-state index contributed by atoms with van der Waals surface area (Å²) in [4.78, 5) is 12.4. The van der Waals surface area contributed by atoms with Crippen molar-refractivity contribution in [3.8, 4) is 0 Å². The van der Waals surface area contributed by atoms with Gasteiger partial charge in [0.25, 0.3) is 10.0 Å². The van der Waals surface area contributed by atoms with E-state index in [0.717, 1.165) is 17.8 Å². The van der Waals surface area contributed by atoms with Crippen molar-refractivity contribution in [3.63, 3.8) is 0 Å². The minimum atomic E-state index is -4.32. The third kappa shape index (κ3) is 5.02. The molecule has 2 aliphatic rings. The molecule has 0 bridgehead atoms. The first-order chi connectivity index (χ1) is 13.9. The van der Waals surface area contributed by atoms with Crippen molar-refractivity contribution in [1.82, 2.24) is 4.72 Å². The molecule has 0 spiro atoms. The number of carbonyl (C=O) groups excluding carboxylic acids is 1. The fraction of sp³-hybridized carbons (Fsp3) is 0.500. The van der Waals surface area contributed by atoms with Crippen LogP contribution in [0.1, 0.15) is 25.7 Å². The predicted octanol–water partition coefficient (Wildman–Crippen LogP) is 3.23. The number of sulfone groups is 1. The fourth-order valence-electron chi connectivity index (χ4n) is 3.49. The van der Waals surface area contributed by atoms with Gasteiger partial charge in [0.15, 0.2) is 9.84 Å². The number of halogens is 3. The standard InChI is InChI=1S/C18H20F3NO5S3/c19-18(20,21)13-8-6-12(7-9-13)17(23)22-30(26,27)16-10-15(11-28-16)29(24,25)14-4-2-1-3-5-14/h1-5,10,12-13,15H,6-9,11H2,(H,22,23)/t12-,13+,15?. The number of sulfonamides is 1. The zero-order valence-corrected chi connectivity index (χ0v) is 18.1. The van der Waals surface area contributed by atoms with Crippen LogP contribution in [0.4, 0.5) is 13.2 Å². The molecule has 1 atom stereocenters. The van der Waals surface area contributed by atoms with E-state index in [2.05, 4.69) is 0 Å². The van der Waals surface area contributed by atoms with Crippen LogP contribution in [0.15, 0.2) is 45.5 Å². The first kappa shape index (κ1) is 23.1. The number of carbonyl (C=O) groups is 1. The van der Waals surface area contributed by atoms with Gasteiger partial charge in [-0.2, -0.15) is 13.2 Å². The van der Waals surface area contributed by atoms with Gasteiger partial charge in [0.1, 0.15) is 4.24 Å². The Bertz CT molecular complexity index is 1030. The number of benzene rings is 1. The van der Waals surface area contributed by atoms with Crippen molar-refractivity contribution in [2.24, 2.45) is 11.8 Å². The van der Waals surface area contributed by atoms with E-state index in [0.29, 0.717) is 0 Å². The molecule has 1 aromatic carbocycles. The SMILES string of the molecule is O=C(NS(=O)(=O)C1=CC(S(=O)(=O)c2ccccc2)CS1)[C@H]1CC[C@@H](C(F)(F)F)CC1. The molecule has 1 fully saturated rings. The molecule has 1 unspecified atom stereocenters. The van der Waals surface area contributed by atoms with Crippen molar-refractivity contribution < 1.29 is 34.8 Å². The van der Waals surface area contributed by atoms with Crippen LogP contribution in [0.3, 0.4) is 0 Å². The Morgan fingerprint density at radius 3 is 2.17 bits per heavy atom. The highest BCUT2D eigenvalue weighted by molar-refractivity contribution is 8.18. The minimum Gasteiger partial charge on any atom is -0.274 e. The average Bonchev–Trinajstić information content (AvgIpc) is 3.20. The third-order valence-corrected chi connectivity index (χ3v) is 10.6. The molecule has 0 saturated heterocycles. The summed E-state index contributed by atoms with van der Waals surface area (Å²) in [6, 6.07) is 7.61. The van der Waals surface area contributed by atoms with Gasteiger partial charge in [-0.05, 0) is 43.9 Å². The Morgan fingerprint density at radius 1 is 1.00 bits per heavy atom. The number of hydrogen-bond acceptors (Lipinski definition) is 6. The Hall–Kier alpha value is -1.53. The summed E-state index contributed by atoms with van der Waals surface area (Å²) < 4.78 is 90.2. The number of hydrogen-bond donors (Lipinski definition) is 1. The highest BCUT2D eigenvalue weighted by Gasteiger charge is 2.43. The van der Waals surface area contributed by atoms with Crippen LogP contribution in [0.2, 0.25) is 0 Å². The number of nitrogens with one attached hydrogen (secondary N) is 1. The number of amides is 1. The summed E-state index contributed by atoms with van der Waals surface area (Å²) in [5, 5.41) is -1.06. The molecule has 0 radical (unpaired) electrons. The zero-order valence-electron chi connectivity index (χ0n) is 15.6. The maximum atomic E-state index is 12.7. The molecule has 1 amide bonds. The average molecular weight is 484 g/mol. The summed E-state index contributed by atoms with van der Waals surface area (Å²) in [7, 11) is -8.07. The first-order valence-electron chi connectivity index (χ1n) is 9.18. The van der Waals surface area contributed by atoms with Crippen molar-refractivity contribution in [1.29, 1.82) is 0 Å². The molecule has 1 aliphatic heterocycles. The van der Waals surface area contributed by atoms with Gasteiger partial charge >= 0.3 is 6.18 Å². The van der Waals surface area contributed by atoms with Crippen molar-refractivity contribution in [2.45, 2.75) is 42.0 Å². The molecule has 1 N–H and O–H groups in total. The van der Waals surface area contributed by atoms with E-state index in [1.165, 1.54) is 12.1 Å². The van der Waals surface area contributed by atoms with Crippen LogP contribution in [-0.2, 0) is 24.7 Å². The monoisotopic (exact) mass is 483 g/mol. The van der Waals surface area contributed by atoms with E-state index >= 15 is 0 Å². The van der Waals surface area contributed by atoms with Crippen LogP contribution in [-0.4, -0.2) is 39.9 Å². The highest BCUT2D eigenvalue weighted by atomic mass is 32.3. The van der Waals surface area contributed by atoms with Crippen LogP contribution in [0.25, 0.3) is 0 Å². The smallest absolute Gasteiger partial charge is 0.274 e. The topological polar surface area (TPSA) is 97.4 Å². The molecule has 1 aliphatic carbocycles. The normalized spacial score (nSPS) is 25.6. The van der Waals surface area contributed by atoms with Crippen molar-refractivity contribution in [2.75, 3.05) is 5.75 Å². The first-order valence-corrected chi connectivity index (χ1v) is 13.2. The van der Waals surface area contributed by atoms with E-state index in [1.807, 2.05) is 4.72 Å². The molecule has 166 valence electrons. The lowest BCUT2D eigenvalue weighted by Crippen LogP contribution is -2.38. The molecule has 6 nitrogen and oxygen atoms in total. The number of rotatable bonds is 5. The minimum absolute atomic E-state index is 0.0155. The molecule has 1 saturated carbocycles. The summed E-state index contributed by atoms with van der Waals surface area (Å²) in [5.41, 5.74) is 0. The van der Waals surface area contributed by atoms with Crippen LogP contribution < -0.4 is 4.72 Å². The van der Waals surface area contributed by atoms with Gasteiger partial charge in [0.2, 0.25) is 5.91 Å². The van der Waals surface area contributed by atoms with Crippen LogP contribution in [0.5, 0.6) is 0 Å². The highest BCUT2D eigenvalue weighted by Crippen LogP contribution is 2.40. The number of alkyl halides is 3. The van der Waals surface area contributed by atoms with Gasteiger partial charge in [-0.1, -0.05) is 18.2 Å². The molecule has 1 heterocycles. The van der Waals surface area contributed by atoms with E-state index < -0.39 is 49.0 Å². The lowest BCUT2D eigenvalue weighted by Gasteiger charge is -2.28. The van der Waals surface area contributed by atoms with Crippen LogP contribution >= 0.6 is 11.8 Å². The van der Waals surface area contributed by atoms with Gasteiger partial charge < -0.3 is 0 Å². The second-order valence-electron chi connectivity index (χ2n) is 7.25. The van der Waals surface area contributed by atoms with Crippen molar-refractivity contribution in [3.05, 3.63) is 40.6 Å². The van der Waals surface area contributed by atoms with Crippen LogP contribution in [0, 0.1) is 11.8 Å². The summed E-state index contributed by atoms with van der Waals surface area (Å²) in [6.45, 7) is 0. The maximum Gasteiger partial charge on any atom is 0.391 e. The summed E-state index contributed by atoms with van der Waals surface area (Å²) in [5.74, 6) is -3.17. The Kier molecular flexibility index (Phi) is 6.59. The molecule has 30 heavy (non-hydrogen) atoms. The van der Waals surface area contributed by atoms with Gasteiger partial charge in [0.05, 0.1) is 16.1 Å². The quantitative estimate of drug-likeness (QED) is 0.691. The Balaban J connectivity index is 1.66. The van der Waals surface area contributed by atoms with Gasteiger partial charge in [-0.25, -0.2) is 21.6 Å². The molecular formula is C18H20F3NO5S3. The third-order valence-electron chi connectivity index (χ3n) is 5.24. The van der Waals surface area contributed by atoms with E-state index in [-0.39, 0.29) is 40.6 Å². The summed E-state index contributed by atoms with van der Waals surface area (Å²) >= 11 is 0.802. The Labute approximate surface area is 177 Å². The molecule has 3 rings (SSSR count). The van der Waals surface area contributed by atoms with Gasteiger partial charge in [0, 0.05) is 11.7 Å². The van der Waals surface area contributed by atoms with E-state index in [9.17, 15) is 34.8 Å². The zero-order chi connectivity index (χ0) is 22.2. The largest absolute Gasteiger partial charge is 0.391 e. The van der Waals surface area contributed by atoms with Gasteiger partial charge in [-0.15, -0.1) is 11.8 Å².